The van der Waals surface area contributed by atoms with Crippen molar-refractivity contribution < 1.29 is 9.53 Å². The van der Waals surface area contributed by atoms with Crippen molar-refractivity contribution in [3.05, 3.63) is 53.9 Å². The first-order valence-electron chi connectivity index (χ1n) is 9.82. The molecule has 0 radical (unpaired) electrons. The number of nitrogens with one attached hydrogen (secondary N) is 1. The second kappa shape index (κ2) is 7.75. The van der Waals surface area contributed by atoms with E-state index in [0.717, 1.165) is 28.4 Å². The predicted molar refractivity (Wildman–Crippen MR) is 115 cm³/mol. The van der Waals surface area contributed by atoms with Crippen LogP contribution < -0.4 is 10.1 Å². The van der Waals surface area contributed by atoms with Gasteiger partial charge in [-0.05, 0) is 37.8 Å². The maximum Gasteiger partial charge on any atom is 0.258 e. The number of benzene rings is 1. The summed E-state index contributed by atoms with van der Waals surface area (Å²) >= 11 is 1.46. The summed E-state index contributed by atoms with van der Waals surface area (Å²) in [6.45, 7) is 0. The normalized spacial score (nSPS) is 14.9. The Labute approximate surface area is 172 Å². The van der Waals surface area contributed by atoms with Crippen LogP contribution in [0.4, 0.5) is 5.69 Å². The molecule has 1 aliphatic carbocycles. The Kier molecular flexibility index (Phi) is 4.81. The third kappa shape index (κ3) is 3.65. The number of thiophene rings is 1. The van der Waals surface area contributed by atoms with E-state index in [1.54, 1.807) is 12.4 Å². The molecular formula is C22H20N4O2S. The fourth-order valence-corrected chi connectivity index (χ4v) is 4.65. The van der Waals surface area contributed by atoms with Gasteiger partial charge in [-0.1, -0.05) is 12.5 Å². The lowest BCUT2D eigenvalue weighted by Crippen LogP contribution is -2.21. The number of nitrogens with zero attached hydrogens (tertiary/aromatic N) is 3. The smallest absolute Gasteiger partial charge is 0.258 e. The molecule has 0 atom stereocenters. The van der Waals surface area contributed by atoms with E-state index in [0.29, 0.717) is 22.5 Å². The van der Waals surface area contributed by atoms with Crippen LogP contribution in [0.15, 0.2) is 48.4 Å². The summed E-state index contributed by atoms with van der Waals surface area (Å²) < 4.78 is 7.21. The molecular weight excluding hydrogens is 384 g/mol. The number of ether oxygens (including phenoxy) is 1. The lowest BCUT2D eigenvalue weighted by Gasteiger charge is -2.24. The molecule has 3 heterocycles. The first-order valence-corrected chi connectivity index (χ1v) is 10.7. The molecule has 0 spiro atoms. The predicted octanol–water partition coefficient (Wildman–Crippen LogP) is 5.20. The fourth-order valence-electron chi connectivity index (χ4n) is 3.79. The standard InChI is InChI=1S/C22H20N4O2S/c27-22(16-12-29-20-11-23-13-25-21(16)20)26-18-9-14-5-4-8-24-17(14)10-19(18)28-15-6-2-1-3-7-15/h4-5,8-13,15H,1-3,6-7H2,(H,26,27). The van der Waals surface area contributed by atoms with Crippen molar-refractivity contribution in [1.29, 1.82) is 0 Å². The van der Waals surface area contributed by atoms with Crippen LogP contribution in [0.25, 0.3) is 21.1 Å². The molecule has 1 fully saturated rings. The van der Waals surface area contributed by atoms with Crippen molar-refractivity contribution in [1.82, 2.24) is 15.0 Å². The van der Waals surface area contributed by atoms with Crippen LogP contribution in [0.1, 0.15) is 42.5 Å². The molecule has 4 aromatic rings. The summed E-state index contributed by atoms with van der Waals surface area (Å²) in [5, 5.41) is 5.81. The van der Waals surface area contributed by atoms with Gasteiger partial charge >= 0.3 is 0 Å². The molecule has 0 saturated heterocycles. The molecule has 0 unspecified atom stereocenters. The summed E-state index contributed by atoms with van der Waals surface area (Å²) in [6, 6.07) is 7.73. The third-order valence-electron chi connectivity index (χ3n) is 5.28. The Bertz CT molecular complexity index is 1180. The number of aromatic nitrogens is 3. The van der Waals surface area contributed by atoms with Gasteiger partial charge in [0.05, 0.1) is 33.1 Å². The second-order valence-corrected chi connectivity index (χ2v) is 8.17. The average molecular weight is 404 g/mol. The van der Waals surface area contributed by atoms with Gasteiger partial charge in [0.2, 0.25) is 0 Å². The molecule has 1 N–H and O–H groups in total. The molecule has 1 amide bonds. The Morgan fingerprint density at radius 1 is 1.17 bits per heavy atom. The molecule has 3 aromatic heterocycles. The van der Waals surface area contributed by atoms with E-state index in [9.17, 15) is 4.79 Å². The number of anilines is 1. The van der Waals surface area contributed by atoms with E-state index < -0.39 is 0 Å². The maximum atomic E-state index is 13.0. The zero-order chi connectivity index (χ0) is 19.6. The maximum absolute atomic E-state index is 13.0. The van der Waals surface area contributed by atoms with Gasteiger partial charge in [0.25, 0.3) is 5.91 Å². The number of fused-ring (bicyclic) bond motifs is 2. The first-order chi connectivity index (χ1) is 14.3. The van der Waals surface area contributed by atoms with Crippen molar-refractivity contribution >= 4 is 44.1 Å². The van der Waals surface area contributed by atoms with Gasteiger partial charge in [0.15, 0.2) is 0 Å². The molecule has 5 rings (SSSR count). The molecule has 1 aromatic carbocycles. The van der Waals surface area contributed by atoms with Crippen LogP contribution in [0.3, 0.4) is 0 Å². The minimum Gasteiger partial charge on any atom is -0.488 e. The lowest BCUT2D eigenvalue weighted by molar-refractivity contribution is 0.102. The third-order valence-corrected chi connectivity index (χ3v) is 6.19. The van der Waals surface area contributed by atoms with Crippen LogP contribution in [0, 0.1) is 0 Å². The molecule has 0 bridgehead atoms. The van der Waals surface area contributed by atoms with Crippen LogP contribution in [0.5, 0.6) is 5.75 Å². The minimum absolute atomic E-state index is 0.176. The van der Waals surface area contributed by atoms with Gasteiger partial charge < -0.3 is 10.1 Å². The highest BCUT2D eigenvalue weighted by atomic mass is 32.1. The number of rotatable bonds is 4. The summed E-state index contributed by atoms with van der Waals surface area (Å²) in [6.07, 6.45) is 10.8. The molecule has 1 aliphatic rings. The van der Waals surface area contributed by atoms with E-state index in [-0.39, 0.29) is 12.0 Å². The highest BCUT2D eigenvalue weighted by molar-refractivity contribution is 7.17. The minimum atomic E-state index is -0.202. The zero-order valence-corrected chi connectivity index (χ0v) is 16.6. The largest absolute Gasteiger partial charge is 0.488 e. The summed E-state index contributed by atoms with van der Waals surface area (Å²) in [7, 11) is 0. The van der Waals surface area contributed by atoms with Gasteiger partial charge in [-0.3, -0.25) is 9.78 Å². The van der Waals surface area contributed by atoms with Gasteiger partial charge in [0, 0.05) is 29.2 Å². The van der Waals surface area contributed by atoms with E-state index in [4.69, 9.17) is 4.74 Å². The molecule has 146 valence electrons. The number of pyridine rings is 1. The van der Waals surface area contributed by atoms with Crippen LogP contribution in [-0.2, 0) is 0 Å². The molecule has 29 heavy (non-hydrogen) atoms. The van der Waals surface area contributed by atoms with Crippen molar-refractivity contribution in [3.8, 4) is 5.75 Å². The highest BCUT2D eigenvalue weighted by Gasteiger charge is 2.20. The Hall–Kier alpha value is -3.06. The van der Waals surface area contributed by atoms with Crippen LogP contribution in [-0.4, -0.2) is 27.0 Å². The molecule has 6 nitrogen and oxygen atoms in total. The van der Waals surface area contributed by atoms with Gasteiger partial charge in [0.1, 0.15) is 12.1 Å². The van der Waals surface area contributed by atoms with Crippen molar-refractivity contribution in [2.24, 2.45) is 0 Å². The van der Waals surface area contributed by atoms with E-state index in [1.165, 1.54) is 36.9 Å². The molecule has 0 aliphatic heterocycles. The Balaban J connectivity index is 1.50. The SMILES string of the molecule is O=C(Nc1cc2cccnc2cc1OC1CCCCC1)c1csc2cncnc12. The molecule has 7 heteroatoms. The van der Waals surface area contributed by atoms with E-state index >= 15 is 0 Å². The highest BCUT2D eigenvalue weighted by Crippen LogP contribution is 2.34. The topological polar surface area (TPSA) is 77.0 Å². The zero-order valence-electron chi connectivity index (χ0n) is 15.8. The average Bonchev–Trinajstić information content (AvgIpc) is 3.19. The first kappa shape index (κ1) is 18.0. The summed E-state index contributed by atoms with van der Waals surface area (Å²) in [5.41, 5.74) is 2.72. The van der Waals surface area contributed by atoms with Crippen molar-refractivity contribution in [2.75, 3.05) is 5.32 Å². The van der Waals surface area contributed by atoms with E-state index in [1.807, 2.05) is 29.6 Å². The van der Waals surface area contributed by atoms with Gasteiger partial charge in [-0.15, -0.1) is 11.3 Å². The summed E-state index contributed by atoms with van der Waals surface area (Å²) in [4.78, 5) is 25.8. The Morgan fingerprint density at radius 3 is 2.97 bits per heavy atom. The van der Waals surface area contributed by atoms with Crippen LogP contribution in [0.2, 0.25) is 0 Å². The summed E-state index contributed by atoms with van der Waals surface area (Å²) in [5.74, 6) is 0.470. The number of carbonyl (C=O) groups excluding carboxylic acids is 1. The second-order valence-electron chi connectivity index (χ2n) is 7.26. The van der Waals surface area contributed by atoms with Crippen molar-refractivity contribution in [3.63, 3.8) is 0 Å². The van der Waals surface area contributed by atoms with E-state index in [2.05, 4.69) is 20.3 Å². The number of carbonyl (C=O) groups is 1. The quantitative estimate of drug-likeness (QED) is 0.506. The Morgan fingerprint density at radius 2 is 2.07 bits per heavy atom. The monoisotopic (exact) mass is 404 g/mol. The number of hydrogen-bond acceptors (Lipinski definition) is 6. The van der Waals surface area contributed by atoms with Gasteiger partial charge in [-0.2, -0.15) is 0 Å². The number of amides is 1. The van der Waals surface area contributed by atoms with Gasteiger partial charge in [-0.25, -0.2) is 9.97 Å². The van der Waals surface area contributed by atoms with Crippen LogP contribution >= 0.6 is 11.3 Å². The number of hydrogen-bond donors (Lipinski definition) is 1. The van der Waals surface area contributed by atoms with Crippen molar-refractivity contribution in [2.45, 2.75) is 38.2 Å². The molecule has 1 saturated carbocycles. The lowest BCUT2D eigenvalue weighted by atomic mass is 9.98. The fraction of sp³-hybridized carbons (Fsp3) is 0.273.